The number of carboxylic acid groups (broad SMARTS) is 1. The molecule has 1 saturated heterocycles. The van der Waals surface area contributed by atoms with Crippen molar-refractivity contribution < 1.29 is 18.7 Å². The number of carbonyl (C=O) groups is 1. The maximum atomic E-state index is 13.2. The summed E-state index contributed by atoms with van der Waals surface area (Å²) >= 11 is 0. The molecule has 0 aromatic heterocycles. The van der Waals surface area contributed by atoms with Gasteiger partial charge in [0.2, 0.25) is 0 Å². The van der Waals surface area contributed by atoms with Crippen LogP contribution >= 0.6 is 0 Å². The second-order valence-electron chi connectivity index (χ2n) is 6.38. The minimum Gasteiger partial charge on any atom is -0.481 e. The lowest BCUT2D eigenvalue weighted by Gasteiger charge is -2.39. The Hall–Kier alpha value is -1.49. The van der Waals surface area contributed by atoms with Crippen LogP contribution in [0, 0.1) is 23.0 Å². The van der Waals surface area contributed by atoms with Crippen LogP contribution in [0.1, 0.15) is 32.3 Å². The number of benzene rings is 1. The fraction of sp³-hybridized carbons (Fsp3) is 0.562. The number of carboxylic acids is 1. The molecule has 0 aliphatic carbocycles. The van der Waals surface area contributed by atoms with Crippen molar-refractivity contribution in [2.24, 2.45) is 11.3 Å². The zero-order chi connectivity index (χ0) is 15.6. The third kappa shape index (κ3) is 3.79. The SMILES string of the molecule is CC(C)(C(=O)O)C1CCCN(Cc2cc(F)cc(F)c2)C1. The normalized spacial score (nSPS) is 20.5. The van der Waals surface area contributed by atoms with Gasteiger partial charge in [0.25, 0.3) is 0 Å². The van der Waals surface area contributed by atoms with E-state index in [4.69, 9.17) is 0 Å². The highest BCUT2D eigenvalue weighted by molar-refractivity contribution is 5.74. The highest BCUT2D eigenvalue weighted by Crippen LogP contribution is 2.34. The van der Waals surface area contributed by atoms with Gasteiger partial charge in [-0.2, -0.15) is 0 Å². The van der Waals surface area contributed by atoms with E-state index >= 15 is 0 Å². The molecule has 116 valence electrons. The molecule has 1 aliphatic heterocycles. The lowest BCUT2D eigenvalue weighted by molar-refractivity contribution is -0.151. The zero-order valence-electron chi connectivity index (χ0n) is 12.4. The molecule has 0 amide bonds. The number of hydrogen-bond donors (Lipinski definition) is 1. The first-order valence-electron chi connectivity index (χ1n) is 7.20. The molecule has 1 fully saturated rings. The molecule has 1 N–H and O–H groups in total. The summed E-state index contributed by atoms with van der Waals surface area (Å²) in [4.78, 5) is 13.4. The van der Waals surface area contributed by atoms with Gasteiger partial charge in [-0.05, 0) is 56.8 Å². The Labute approximate surface area is 123 Å². The lowest BCUT2D eigenvalue weighted by atomic mass is 9.74. The summed E-state index contributed by atoms with van der Waals surface area (Å²) in [5, 5.41) is 9.32. The second-order valence-corrected chi connectivity index (χ2v) is 6.38. The number of rotatable bonds is 4. The van der Waals surface area contributed by atoms with Crippen molar-refractivity contribution in [2.45, 2.75) is 33.2 Å². The van der Waals surface area contributed by atoms with Crippen LogP contribution < -0.4 is 0 Å². The second kappa shape index (κ2) is 6.10. The van der Waals surface area contributed by atoms with Crippen LogP contribution in [0.15, 0.2) is 18.2 Å². The van der Waals surface area contributed by atoms with Crippen molar-refractivity contribution in [2.75, 3.05) is 13.1 Å². The van der Waals surface area contributed by atoms with Crippen molar-refractivity contribution in [3.63, 3.8) is 0 Å². The molecule has 0 radical (unpaired) electrons. The molecule has 1 heterocycles. The molecule has 2 rings (SSSR count). The standard InChI is InChI=1S/C16H21F2NO2/c1-16(2,15(20)21)12-4-3-5-19(10-12)9-11-6-13(17)8-14(18)7-11/h6-8,12H,3-5,9-10H2,1-2H3,(H,20,21). The molecule has 3 nitrogen and oxygen atoms in total. The highest BCUT2D eigenvalue weighted by Gasteiger charge is 2.38. The van der Waals surface area contributed by atoms with E-state index in [1.165, 1.54) is 12.1 Å². The van der Waals surface area contributed by atoms with E-state index in [-0.39, 0.29) is 5.92 Å². The first-order chi connectivity index (χ1) is 9.79. The smallest absolute Gasteiger partial charge is 0.309 e. The Bertz CT molecular complexity index is 511. The van der Waals surface area contributed by atoms with Gasteiger partial charge in [-0.25, -0.2) is 8.78 Å². The quantitative estimate of drug-likeness (QED) is 0.927. The van der Waals surface area contributed by atoms with Crippen LogP contribution in [-0.2, 0) is 11.3 Å². The molecule has 1 aromatic carbocycles. The molecular weight excluding hydrogens is 276 g/mol. The summed E-state index contributed by atoms with van der Waals surface area (Å²) in [6.07, 6.45) is 1.77. The third-order valence-corrected chi connectivity index (χ3v) is 4.41. The Morgan fingerprint density at radius 3 is 2.52 bits per heavy atom. The van der Waals surface area contributed by atoms with Gasteiger partial charge in [0.15, 0.2) is 0 Å². The lowest BCUT2D eigenvalue weighted by Crippen LogP contribution is -2.44. The molecule has 1 aliphatic rings. The van der Waals surface area contributed by atoms with Crippen LogP contribution in [0.5, 0.6) is 0 Å². The molecule has 0 saturated carbocycles. The van der Waals surface area contributed by atoms with Crippen LogP contribution in [0.3, 0.4) is 0 Å². The average molecular weight is 297 g/mol. The number of likely N-dealkylation sites (tertiary alicyclic amines) is 1. The summed E-state index contributed by atoms with van der Waals surface area (Å²) in [6, 6.07) is 3.51. The van der Waals surface area contributed by atoms with E-state index in [0.29, 0.717) is 18.7 Å². The first-order valence-corrected chi connectivity index (χ1v) is 7.20. The van der Waals surface area contributed by atoms with Gasteiger partial charge in [-0.1, -0.05) is 0 Å². The van der Waals surface area contributed by atoms with Crippen molar-refractivity contribution in [3.05, 3.63) is 35.4 Å². The molecule has 0 spiro atoms. The number of halogens is 2. The summed E-state index contributed by atoms with van der Waals surface area (Å²) in [5.41, 5.74) is -0.201. The maximum absolute atomic E-state index is 13.2. The number of aliphatic carboxylic acids is 1. The fourth-order valence-electron chi connectivity index (χ4n) is 2.92. The maximum Gasteiger partial charge on any atom is 0.309 e. The van der Waals surface area contributed by atoms with E-state index < -0.39 is 23.0 Å². The van der Waals surface area contributed by atoms with Crippen LogP contribution in [0.25, 0.3) is 0 Å². The van der Waals surface area contributed by atoms with E-state index in [0.717, 1.165) is 25.5 Å². The first kappa shape index (κ1) is 15.9. The molecule has 0 bridgehead atoms. The largest absolute Gasteiger partial charge is 0.481 e. The van der Waals surface area contributed by atoms with Gasteiger partial charge in [0, 0.05) is 19.2 Å². The number of nitrogens with zero attached hydrogens (tertiary/aromatic N) is 1. The van der Waals surface area contributed by atoms with Gasteiger partial charge >= 0.3 is 5.97 Å². The molecule has 1 atom stereocenters. The van der Waals surface area contributed by atoms with Gasteiger partial charge in [-0.3, -0.25) is 9.69 Å². The van der Waals surface area contributed by atoms with E-state index in [2.05, 4.69) is 4.90 Å². The van der Waals surface area contributed by atoms with Crippen LogP contribution in [0.2, 0.25) is 0 Å². The van der Waals surface area contributed by atoms with Crippen molar-refractivity contribution in [1.82, 2.24) is 4.90 Å². The van der Waals surface area contributed by atoms with Crippen molar-refractivity contribution >= 4 is 5.97 Å². The summed E-state index contributed by atoms with van der Waals surface area (Å²) in [6.45, 7) is 5.39. The molecule has 5 heteroatoms. The van der Waals surface area contributed by atoms with E-state index in [1.807, 2.05) is 0 Å². The number of hydrogen-bond acceptors (Lipinski definition) is 2. The van der Waals surface area contributed by atoms with Gasteiger partial charge < -0.3 is 5.11 Å². The Morgan fingerprint density at radius 2 is 1.95 bits per heavy atom. The Morgan fingerprint density at radius 1 is 1.33 bits per heavy atom. The highest BCUT2D eigenvalue weighted by atomic mass is 19.1. The fourth-order valence-corrected chi connectivity index (χ4v) is 2.92. The van der Waals surface area contributed by atoms with Crippen molar-refractivity contribution in [1.29, 1.82) is 0 Å². The van der Waals surface area contributed by atoms with Crippen LogP contribution in [0.4, 0.5) is 8.78 Å². The minimum absolute atomic E-state index is 0.0437. The zero-order valence-corrected chi connectivity index (χ0v) is 12.4. The van der Waals surface area contributed by atoms with Gasteiger partial charge in [0.05, 0.1) is 5.41 Å². The van der Waals surface area contributed by atoms with Gasteiger partial charge in [-0.15, -0.1) is 0 Å². The van der Waals surface area contributed by atoms with Crippen molar-refractivity contribution in [3.8, 4) is 0 Å². The molecule has 21 heavy (non-hydrogen) atoms. The van der Waals surface area contributed by atoms with E-state index in [9.17, 15) is 18.7 Å². The van der Waals surface area contributed by atoms with Gasteiger partial charge in [0.1, 0.15) is 11.6 Å². The minimum atomic E-state index is -0.800. The predicted molar refractivity (Wildman–Crippen MR) is 75.8 cm³/mol. The summed E-state index contributed by atoms with van der Waals surface area (Å²) in [7, 11) is 0. The number of piperidine rings is 1. The molecule has 1 unspecified atom stereocenters. The summed E-state index contributed by atoms with van der Waals surface area (Å²) < 4.78 is 26.4. The topological polar surface area (TPSA) is 40.5 Å². The third-order valence-electron chi connectivity index (χ3n) is 4.41. The van der Waals surface area contributed by atoms with E-state index in [1.54, 1.807) is 13.8 Å². The Balaban J connectivity index is 2.06. The monoisotopic (exact) mass is 297 g/mol. The van der Waals surface area contributed by atoms with Crippen LogP contribution in [-0.4, -0.2) is 29.1 Å². The molecule has 1 aromatic rings. The Kier molecular flexibility index (Phi) is 4.61. The molecular formula is C16H21F2NO2. The predicted octanol–water partition coefficient (Wildman–Crippen LogP) is 3.29. The summed E-state index contributed by atoms with van der Waals surface area (Å²) in [5.74, 6) is -1.91. The average Bonchev–Trinajstić information content (AvgIpc) is 2.37.